The summed E-state index contributed by atoms with van der Waals surface area (Å²) in [5, 5.41) is 0. The molecule has 0 spiro atoms. The highest BCUT2D eigenvalue weighted by Crippen LogP contribution is 2.54. The quantitative estimate of drug-likeness (QED) is 0.626. The molecule has 2 aliphatic heterocycles. The van der Waals surface area contributed by atoms with Gasteiger partial charge in [-0.25, -0.2) is 0 Å². The molecule has 1 heteroatoms. The standard InChI is InChI=1S/C23H17N/c1-3-9-19-15(7-1)17-11-5-13-21(17)24-22-14-6-12-18(22)16-8-2-4-10-20(16)23(19)24/h1-10,13-14,23H,11-12H2. The molecule has 2 aliphatic carbocycles. The molecule has 4 aliphatic rings. The van der Waals surface area contributed by atoms with Crippen LogP contribution in [0.4, 0.5) is 0 Å². The van der Waals surface area contributed by atoms with E-state index >= 15 is 0 Å². The fraction of sp³-hybridized carbons (Fsp3) is 0.130. The van der Waals surface area contributed by atoms with Crippen LogP contribution in [0.15, 0.2) is 84.2 Å². The zero-order valence-electron chi connectivity index (χ0n) is 13.4. The fourth-order valence-corrected chi connectivity index (χ4v) is 4.81. The van der Waals surface area contributed by atoms with Gasteiger partial charge in [-0.1, -0.05) is 60.7 Å². The van der Waals surface area contributed by atoms with Crippen molar-refractivity contribution in [3.8, 4) is 0 Å². The van der Waals surface area contributed by atoms with E-state index in [1.54, 1.807) is 0 Å². The second-order valence-electron chi connectivity index (χ2n) is 6.89. The Morgan fingerprint density at radius 3 is 1.71 bits per heavy atom. The van der Waals surface area contributed by atoms with E-state index in [-0.39, 0.29) is 0 Å². The van der Waals surface area contributed by atoms with E-state index in [2.05, 4.69) is 77.7 Å². The topological polar surface area (TPSA) is 3.24 Å². The smallest absolute Gasteiger partial charge is 0.0856 e. The highest BCUT2D eigenvalue weighted by molar-refractivity contribution is 5.86. The van der Waals surface area contributed by atoms with Gasteiger partial charge in [0.25, 0.3) is 0 Å². The van der Waals surface area contributed by atoms with Crippen molar-refractivity contribution in [2.45, 2.75) is 18.9 Å². The Kier molecular flexibility index (Phi) is 2.30. The van der Waals surface area contributed by atoms with Gasteiger partial charge in [0.1, 0.15) is 0 Å². The maximum absolute atomic E-state index is 2.59. The van der Waals surface area contributed by atoms with Gasteiger partial charge in [-0.15, -0.1) is 0 Å². The molecule has 0 aromatic heterocycles. The number of fused-ring (bicyclic) bond motifs is 9. The first-order valence-electron chi connectivity index (χ1n) is 8.71. The third kappa shape index (κ3) is 1.41. The summed E-state index contributed by atoms with van der Waals surface area (Å²) < 4.78 is 0. The molecule has 1 nitrogen and oxygen atoms in total. The van der Waals surface area contributed by atoms with Crippen molar-refractivity contribution in [3.05, 3.63) is 106 Å². The van der Waals surface area contributed by atoms with Gasteiger partial charge in [0.05, 0.1) is 6.04 Å². The van der Waals surface area contributed by atoms with E-state index in [0.29, 0.717) is 6.04 Å². The maximum Gasteiger partial charge on any atom is 0.0856 e. The molecule has 2 aromatic carbocycles. The van der Waals surface area contributed by atoms with Gasteiger partial charge in [0.15, 0.2) is 0 Å². The lowest BCUT2D eigenvalue weighted by molar-refractivity contribution is 0.373. The summed E-state index contributed by atoms with van der Waals surface area (Å²) in [6.07, 6.45) is 11.4. The van der Waals surface area contributed by atoms with Crippen LogP contribution in [0.3, 0.4) is 0 Å². The fourth-order valence-electron chi connectivity index (χ4n) is 4.81. The summed E-state index contributed by atoms with van der Waals surface area (Å²) in [5.74, 6) is 0. The third-order valence-electron chi connectivity index (χ3n) is 5.75. The molecule has 0 atom stereocenters. The van der Waals surface area contributed by atoms with Crippen LogP contribution in [-0.2, 0) is 0 Å². The molecule has 0 fully saturated rings. The Hall–Kier alpha value is -2.80. The molecule has 0 N–H and O–H groups in total. The third-order valence-corrected chi connectivity index (χ3v) is 5.75. The van der Waals surface area contributed by atoms with Crippen molar-refractivity contribution < 1.29 is 0 Å². The largest absolute Gasteiger partial charge is 0.329 e. The number of rotatable bonds is 0. The molecule has 2 aromatic rings. The number of nitrogens with zero attached hydrogens (tertiary/aromatic N) is 1. The molecule has 6 rings (SSSR count). The van der Waals surface area contributed by atoms with Crippen LogP contribution in [-0.4, -0.2) is 4.90 Å². The van der Waals surface area contributed by atoms with E-state index in [0.717, 1.165) is 12.8 Å². The molecule has 24 heavy (non-hydrogen) atoms. The summed E-state index contributed by atoms with van der Waals surface area (Å²) in [4.78, 5) is 2.59. The van der Waals surface area contributed by atoms with Crippen LogP contribution in [0, 0.1) is 0 Å². The van der Waals surface area contributed by atoms with Gasteiger partial charge < -0.3 is 4.90 Å². The van der Waals surface area contributed by atoms with E-state index < -0.39 is 0 Å². The molecule has 0 saturated heterocycles. The lowest BCUT2D eigenvalue weighted by atomic mass is 9.79. The molecule has 0 saturated carbocycles. The average molecular weight is 307 g/mol. The van der Waals surface area contributed by atoms with E-state index in [1.165, 1.54) is 44.8 Å². The van der Waals surface area contributed by atoms with Crippen LogP contribution in [0.5, 0.6) is 0 Å². The van der Waals surface area contributed by atoms with Gasteiger partial charge in [0, 0.05) is 11.4 Å². The van der Waals surface area contributed by atoms with Crippen LogP contribution in [0.1, 0.15) is 41.1 Å². The van der Waals surface area contributed by atoms with Gasteiger partial charge in [0.2, 0.25) is 0 Å². The molecule has 0 radical (unpaired) electrons. The Morgan fingerprint density at radius 2 is 1.17 bits per heavy atom. The Labute approximate surface area is 141 Å². The molecule has 2 heterocycles. The van der Waals surface area contributed by atoms with E-state index in [9.17, 15) is 0 Å². The first-order valence-corrected chi connectivity index (χ1v) is 8.71. The number of hydrogen-bond acceptors (Lipinski definition) is 1. The molecule has 114 valence electrons. The molecule has 0 amide bonds. The van der Waals surface area contributed by atoms with E-state index in [1.807, 2.05) is 0 Å². The molecular weight excluding hydrogens is 290 g/mol. The lowest BCUT2D eigenvalue weighted by Crippen LogP contribution is -2.34. The Balaban J connectivity index is 1.74. The van der Waals surface area contributed by atoms with Crippen molar-refractivity contribution in [1.29, 1.82) is 0 Å². The van der Waals surface area contributed by atoms with Crippen LogP contribution in [0.25, 0.3) is 11.1 Å². The minimum Gasteiger partial charge on any atom is -0.329 e. The maximum atomic E-state index is 2.59. The molecular formula is C23H17N. The Bertz CT molecular complexity index is 934. The number of hydrogen-bond donors (Lipinski definition) is 0. The highest BCUT2D eigenvalue weighted by Gasteiger charge is 2.40. The first-order chi connectivity index (χ1) is 11.9. The van der Waals surface area contributed by atoms with Crippen molar-refractivity contribution in [3.63, 3.8) is 0 Å². The van der Waals surface area contributed by atoms with Gasteiger partial charge in [-0.2, -0.15) is 0 Å². The lowest BCUT2D eigenvalue weighted by Gasteiger charge is -2.44. The predicted molar refractivity (Wildman–Crippen MR) is 97.9 cm³/mol. The number of allylic oxidation sites excluding steroid dienone is 6. The summed E-state index contributed by atoms with van der Waals surface area (Å²) in [6, 6.07) is 18.2. The summed E-state index contributed by atoms with van der Waals surface area (Å²) in [6.45, 7) is 0. The number of benzene rings is 2. The summed E-state index contributed by atoms with van der Waals surface area (Å²) >= 11 is 0. The van der Waals surface area contributed by atoms with Crippen LogP contribution < -0.4 is 0 Å². The monoisotopic (exact) mass is 307 g/mol. The minimum absolute atomic E-state index is 0.292. The predicted octanol–water partition coefficient (Wildman–Crippen LogP) is 5.45. The molecule has 0 unspecified atom stereocenters. The minimum atomic E-state index is 0.292. The van der Waals surface area contributed by atoms with Crippen LogP contribution in [0.2, 0.25) is 0 Å². The Morgan fingerprint density at radius 1 is 0.667 bits per heavy atom. The van der Waals surface area contributed by atoms with Crippen molar-refractivity contribution in [2.24, 2.45) is 0 Å². The summed E-state index contributed by atoms with van der Waals surface area (Å²) in [5.41, 5.74) is 11.5. The first kappa shape index (κ1) is 12.6. The van der Waals surface area contributed by atoms with Gasteiger partial charge >= 0.3 is 0 Å². The normalized spacial score (nSPS) is 20.1. The van der Waals surface area contributed by atoms with Crippen molar-refractivity contribution >= 4 is 11.1 Å². The second-order valence-corrected chi connectivity index (χ2v) is 6.89. The average Bonchev–Trinajstić information content (AvgIpc) is 3.31. The zero-order chi connectivity index (χ0) is 15.7. The van der Waals surface area contributed by atoms with Crippen LogP contribution >= 0.6 is 0 Å². The SMILES string of the molecule is C1=CC2=C(C1)c1ccccc1C1c3ccccc3C3=C(C=CC3)N21. The van der Waals surface area contributed by atoms with Crippen molar-refractivity contribution in [2.75, 3.05) is 0 Å². The second kappa shape index (κ2) is 4.39. The summed E-state index contributed by atoms with van der Waals surface area (Å²) in [7, 11) is 0. The van der Waals surface area contributed by atoms with Crippen molar-refractivity contribution in [1.82, 2.24) is 4.90 Å². The van der Waals surface area contributed by atoms with E-state index in [4.69, 9.17) is 0 Å². The highest BCUT2D eigenvalue weighted by atomic mass is 15.2. The zero-order valence-corrected chi connectivity index (χ0v) is 13.4. The molecule has 0 bridgehead atoms. The van der Waals surface area contributed by atoms with Gasteiger partial charge in [-0.3, -0.25) is 0 Å². The van der Waals surface area contributed by atoms with Gasteiger partial charge in [-0.05, 0) is 58.4 Å².